The summed E-state index contributed by atoms with van der Waals surface area (Å²) in [5.41, 5.74) is -2.96. The Labute approximate surface area is 186 Å². The molecule has 0 radical (unpaired) electrons. The van der Waals surface area contributed by atoms with Gasteiger partial charge in [0.2, 0.25) is 5.82 Å². The van der Waals surface area contributed by atoms with Gasteiger partial charge in [-0.15, -0.1) is 0 Å². The van der Waals surface area contributed by atoms with Crippen LogP contribution in [0.1, 0.15) is 61.4 Å². The van der Waals surface area contributed by atoms with Crippen LogP contribution >= 0.6 is 0 Å². The van der Waals surface area contributed by atoms with Crippen molar-refractivity contribution in [3.8, 4) is 5.75 Å². The standard InChI is InChI=1S/C22H25F5N2O4/c1-9(8-30)14-11(3)28-19(29-20(14)31)18-15(10(2)21(4,33-18)22(25,26)27)12-6-7-13(23)16(24)17(12)32-5/h6-7,9-10,15,18,30H,8H2,1-5H3,(H,28,29,31)/t9?,10-,15-,18+,21+/m0/s1. The fourth-order valence-corrected chi connectivity index (χ4v) is 4.47. The van der Waals surface area contributed by atoms with Crippen molar-refractivity contribution in [2.24, 2.45) is 5.92 Å². The number of aromatic amines is 1. The summed E-state index contributed by atoms with van der Waals surface area (Å²) in [5.74, 6) is -6.33. The number of alkyl halides is 3. The zero-order valence-electron chi connectivity index (χ0n) is 18.7. The van der Waals surface area contributed by atoms with Crippen LogP contribution in [0, 0.1) is 24.5 Å². The van der Waals surface area contributed by atoms with Crippen molar-refractivity contribution in [2.75, 3.05) is 13.7 Å². The number of H-pyrrole nitrogens is 1. The van der Waals surface area contributed by atoms with Crippen LogP contribution in [-0.4, -0.2) is 40.6 Å². The van der Waals surface area contributed by atoms with Gasteiger partial charge in [-0.05, 0) is 19.9 Å². The molecule has 1 unspecified atom stereocenters. The molecule has 1 aromatic heterocycles. The van der Waals surface area contributed by atoms with Crippen molar-refractivity contribution in [1.29, 1.82) is 0 Å². The molecule has 1 aliphatic rings. The molecule has 182 valence electrons. The van der Waals surface area contributed by atoms with Crippen molar-refractivity contribution in [3.63, 3.8) is 0 Å². The average Bonchev–Trinajstić information content (AvgIpc) is 3.01. The predicted octanol–water partition coefficient (Wildman–Crippen LogP) is 4.27. The molecule has 2 heterocycles. The third-order valence-corrected chi connectivity index (χ3v) is 6.51. The molecular formula is C22H25F5N2O4. The molecule has 2 aromatic rings. The van der Waals surface area contributed by atoms with E-state index in [0.717, 1.165) is 26.2 Å². The van der Waals surface area contributed by atoms with Crippen LogP contribution in [0.3, 0.4) is 0 Å². The topological polar surface area (TPSA) is 84.4 Å². The third kappa shape index (κ3) is 4.01. The quantitative estimate of drug-likeness (QED) is 0.630. The maximum atomic E-state index is 14.4. The number of aryl methyl sites for hydroxylation is 1. The number of nitrogens with one attached hydrogen (secondary N) is 1. The van der Waals surface area contributed by atoms with E-state index in [0.29, 0.717) is 0 Å². The van der Waals surface area contributed by atoms with Crippen LogP contribution in [-0.2, 0) is 4.74 Å². The predicted molar refractivity (Wildman–Crippen MR) is 108 cm³/mol. The van der Waals surface area contributed by atoms with Gasteiger partial charge in [0.1, 0.15) is 11.9 Å². The van der Waals surface area contributed by atoms with E-state index < -0.39 is 58.6 Å². The van der Waals surface area contributed by atoms with Crippen LogP contribution in [0.4, 0.5) is 22.0 Å². The molecule has 1 aliphatic heterocycles. The van der Waals surface area contributed by atoms with Crippen molar-refractivity contribution < 1.29 is 36.5 Å². The van der Waals surface area contributed by atoms with Crippen LogP contribution < -0.4 is 10.3 Å². The molecule has 2 N–H and O–H groups in total. The van der Waals surface area contributed by atoms with E-state index in [1.165, 1.54) is 13.8 Å². The maximum Gasteiger partial charge on any atom is 0.417 e. The molecule has 5 atom stereocenters. The molecule has 3 rings (SSSR count). The van der Waals surface area contributed by atoms with Crippen molar-refractivity contribution in [3.05, 3.63) is 56.8 Å². The van der Waals surface area contributed by atoms with E-state index in [1.807, 2.05) is 0 Å². The third-order valence-electron chi connectivity index (χ3n) is 6.51. The Bertz CT molecular complexity index is 1100. The number of nitrogens with zero attached hydrogens (tertiary/aromatic N) is 1. The van der Waals surface area contributed by atoms with Crippen LogP contribution in [0.25, 0.3) is 0 Å². The number of benzene rings is 1. The Balaban J connectivity index is 2.25. The Morgan fingerprint density at radius 2 is 1.97 bits per heavy atom. The summed E-state index contributed by atoms with van der Waals surface area (Å²) >= 11 is 0. The molecular weight excluding hydrogens is 451 g/mol. The highest BCUT2D eigenvalue weighted by Crippen LogP contribution is 2.59. The number of aliphatic hydroxyl groups excluding tert-OH is 1. The second-order valence-electron chi connectivity index (χ2n) is 8.48. The summed E-state index contributed by atoms with van der Waals surface area (Å²) in [6.07, 6.45) is -6.26. The number of hydrogen-bond donors (Lipinski definition) is 2. The highest BCUT2D eigenvalue weighted by atomic mass is 19.4. The van der Waals surface area contributed by atoms with Gasteiger partial charge in [0.25, 0.3) is 5.56 Å². The first-order valence-electron chi connectivity index (χ1n) is 10.3. The average molecular weight is 476 g/mol. The lowest BCUT2D eigenvalue weighted by atomic mass is 9.77. The fraction of sp³-hybridized carbons (Fsp3) is 0.545. The number of hydrogen-bond acceptors (Lipinski definition) is 5. The van der Waals surface area contributed by atoms with Gasteiger partial charge in [0.05, 0.1) is 7.11 Å². The maximum absolute atomic E-state index is 14.4. The van der Waals surface area contributed by atoms with Gasteiger partial charge in [-0.25, -0.2) is 9.37 Å². The molecule has 0 spiro atoms. The molecule has 1 saturated heterocycles. The first kappa shape index (κ1) is 25.1. The molecule has 6 nitrogen and oxygen atoms in total. The highest BCUT2D eigenvalue weighted by molar-refractivity contribution is 5.41. The van der Waals surface area contributed by atoms with Crippen molar-refractivity contribution in [1.82, 2.24) is 9.97 Å². The lowest BCUT2D eigenvalue weighted by Gasteiger charge is -2.32. The monoisotopic (exact) mass is 476 g/mol. The molecule has 1 fully saturated rings. The minimum Gasteiger partial charge on any atom is -0.493 e. The smallest absolute Gasteiger partial charge is 0.417 e. The second-order valence-corrected chi connectivity index (χ2v) is 8.48. The minimum absolute atomic E-state index is 0.0463. The number of rotatable bonds is 5. The summed E-state index contributed by atoms with van der Waals surface area (Å²) in [5, 5.41) is 9.40. The summed E-state index contributed by atoms with van der Waals surface area (Å²) < 4.78 is 80.9. The first-order valence-corrected chi connectivity index (χ1v) is 10.3. The van der Waals surface area contributed by atoms with E-state index in [-0.39, 0.29) is 29.3 Å². The van der Waals surface area contributed by atoms with E-state index in [4.69, 9.17) is 9.47 Å². The molecule has 0 bridgehead atoms. The summed E-state index contributed by atoms with van der Waals surface area (Å²) in [6.45, 7) is 4.91. The largest absolute Gasteiger partial charge is 0.493 e. The number of aliphatic hydroxyl groups is 1. The molecule has 0 aliphatic carbocycles. The molecule has 0 saturated carbocycles. The zero-order chi connectivity index (χ0) is 24.9. The van der Waals surface area contributed by atoms with E-state index in [1.54, 1.807) is 6.92 Å². The minimum atomic E-state index is -4.81. The van der Waals surface area contributed by atoms with Crippen molar-refractivity contribution >= 4 is 0 Å². The van der Waals surface area contributed by atoms with Gasteiger partial charge in [0.15, 0.2) is 17.2 Å². The summed E-state index contributed by atoms with van der Waals surface area (Å²) in [6, 6.07) is 1.94. The van der Waals surface area contributed by atoms with Crippen molar-refractivity contribution in [2.45, 2.75) is 57.4 Å². The first-order chi connectivity index (χ1) is 15.3. The summed E-state index contributed by atoms with van der Waals surface area (Å²) in [4.78, 5) is 19.4. The van der Waals surface area contributed by atoms with Gasteiger partial charge >= 0.3 is 6.18 Å². The number of methoxy groups -OCH3 is 1. The van der Waals surface area contributed by atoms with Gasteiger partial charge < -0.3 is 19.6 Å². The lowest BCUT2D eigenvalue weighted by Crippen LogP contribution is -2.46. The lowest BCUT2D eigenvalue weighted by molar-refractivity contribution is -0.275. The Morgan fingerprint density at radius 3 is 2.48 bits per heavy atom. The molecule has 0 amide bonds. The van der Waals surface area contributed by atoms with E-state index in [9.17, 15) is 31.9 Å². The number of aromatic nitrogens is 2. The molecule has 33 heavy (non-hydrogen) atoms. The van der Waals surface area contributed by atoms with Crippen LogP contribution in [0.2, 0.25) is 0 Å². The van der Waals surface area contributed by atoms with E-state index >= 15 is 0 Å². The Kier molecular flexibility index (Phi) is 6.60. The Hall–Kier alpha value is -2.53. The van der Waals surface area contributed by atoms with Crippen LogP contribution in [0.15, 0.2) is 16.9 Å². The Morgan fingerprint density at radius 1 is 1.33 bits per heavy atom. The fourth-order valence-electron chi connectivity index (χ4n) is 4.47. The SMILES string of the molecule is COc1c([C@H]2[C@H](c3nc(C)c(C(C)CO)c(=O)[nH]3)O[C@@](C)(C(F)(F)F)[C@H]2C)ccc(F)c1F. The zero-order valence-corrected chi connectivity index (χ0v) is 18.7. The second kappa shape index (κ2) is 8.68. The van der Waals surface area contributed by atoms with Gasteiger partial charge in [-0.1, -0.05) is 19.9 Å². The van der Waals surface area contributed by atoms with E-state index in [2.05, 4.69) is 9.97 Å². The van der Waals surface area contributed by atoms with Gasteiger partial charge in [-0.2, -0.15) is 17.6 Å². The van der Waals surface area contributed by atoms with Gasteiger partial charge in [-0.3, -0.25) is 4.79 Å². The molecule has 11 heteroatoms. The number of ether oxygens (including phenoxy) is 2. The normalized spacial score (nSPS) is 26.5. The van der Waals surface area contributed by atoms with Gasteiger partial charge in [0, 0.05) is 41.2 Å². The number of halogens is 5. The van der Waals surface area contributed by atoms with Crippen LogP contribution in [0.5, 0.6) is 5.75 Å². The summed E-state index contributed by atoms with van der Waals surface area (Å²) in [7, 11) is 1.08. The molecule has 1 aromatic carbocycles. The highest BCUT2D eigenvalue weighted by Gasteiger charge is 2.65.